The average molecular weight is 281 g/mol. The fourth-order valence-electron chi connectivity index (χ4n) is 2.56. The molecule has 1 aliphatic heterocycles. The molecule has 2 unspecified atom stereocenters. The van der Waals surface area contributed by atoms with Crippen molar-refractivity contribution in [2.45, 2.75) is 19.4 Å². The lowest BCUT2D eigenvalue weighted by molar-refractivity contribution is -0.384. The molecule has 1 aliphatic rings. The van der Waals surface area contributed by atoms with Gasteiger partial charge in [0.1, 0.15) is 11.7 Å². The summed E-state index contributed by atoms with van der Waals surface area (Å²) in [6.45, 7) is 2.12. The standard InChI is InChI=1S/C12H15N3O5/c1-7-3-4-14(10(7)12(17)18)11(16)9-5-8(15(19)20)6-13(9)2/h5-7,10H,3-4H2,1-2H3,(H,17,18). The summed E-state index contributed by atoms with van der Waals surface area (Å²) in [6.07, 6.45) is 1.84. The molecule has 1 saturated heterocycles. The van der Waals surface area contributed by atoms with Crippen molar-refractivity contribution in [1.29, 1.82) is 0 Å². The number of aryl methyl sites for hydroxylation is 1. The molecule has 1 aromatic heterocycles. The molecule has 0 bridgehead atoms. The third kappa shape index (κ3) is 2.24. The summed E-state index contributed by atoms with van der Waals surface area (Å²) in [7, 11) is 1.52. The second-order valence-corrected chi connectivity index (χ2v) is 5.00. The summed E-state index contributed by atoms with van der Waals surface area (Å²) < 4.78 is 1.35. The number of carboxylic acids is 1. The van der Waals surface area contributed by atoms with Crippen LogP contribution < -0.4 is 0 Å². The lowest BCUT2D eigenvalue weighted by atomic mass is 10.0. The number of rotatable bonds is 3. The predicted octanol–water partition coefficient (Wildman–Crippen LogP) is 0.869. The zero-order valence-corrected chi connectivity index (χ0v) is 11.1. The van der Waals surface area contributed by atoms with E-state index in [9.17, 15) is 24.8 Å². The van der Waals surface area contributed by atoms with Gasteiger partial charge in [0.15, 0.2) is 0 Å². The maximum Gasteiger partial charge on any atom is 0.326 e. The van der Waals surface area contributed by atoms with E-state index in [4.69, 9.17) is 0 Å². The van der Waals surface area contributed by atoms with E-state index in [0.717, 1.165) is 0 Å². The van der Waals surface area contributed by atoms with E-state index in [0.29, 0.717) is 13.0 Å². The fraction of sp³-hybridized carbons (Fsp3) is 0.500. The van der Waals surface area contributed by atoms with Crippen molar-refractivity contribution in [3.63, 3.8) is 0 Å². The molecular weight excluding hydrogens is 266 g/mol. The van der Waals surface area contributed by atoms with Crippen LogP contribution in [-0.2, 0) is 11.8 Å². The Hall–Kier alpha value is -2.38. The second kappa shape index (κ2) is 4.95. The van der Waals surface area contributed by atoms with Gasteiger partial charge in [0.2, 0.25) is 0 Å². The smallest absolute Gasteiger partial charge is 0.326 e. The number of aliphatic carboxylic acids is 1. The minimum atomic E-state index is -1.05. The van der Waals surface area contributed by atoms with Crippen molar-refractivity contribution in [3.05, 3.63) is 28.1 Å². The van der Waals surface area contributed by atoms with Crippen LogP contribution in [-0.4, -0.2) is 44.0 Å². The fourth-order valence-corrected chi connectivity index (χ4v) is 2.56. The average Bonchev–Trinajstić information content (AvgIpc) is 2.91. The van der Waals surface area contributed by atoms with E-state index in [1.807, 2.05) is 0 Å². The van der Waals surface area contributed by atoms with Crippen molar-refractivity contribution in [2.75, 3.05) is 6.54 Å². The summed E-state index contributed by atoms with van der Waals surface area (Å²) in [6, 6.07) is 0.293. The number of amides is 1. The molecular formula is C12H15N3O5. The van der Waals surface area contributed by atoms with Crippen LogP contribution in [0.1, 0.15) is 23.8 Å². The molecule has 0 aromatic carbocycles. The summed E-state index contributed by atoms with van der Waals surface area (Å²) in [5.74, 6) is -1.67. The Morgan fingerprint density at radius 1 is 1.50 bits per heavy atom. The van der Waals surface area contributed by atoms with E-state index in [2.05, 4.69) is 0 Å². The highest BCUT2D eigenvalue weighted by atomic mass is 16.6. The SMILES string of the molecule is CC1CCN(C(=O)c2cc([N+](=O)[O-])cn2C)C1C(=O)O. The molecule has 2 heterocycles. The number of nitrogens with zero attached hydrogens (tertiary/aromatic N) is 3. The van der Waals surface area contributed by atoms with E-state index >= 15 is 0 Å². The quantitative estimate of drug-likeness (QED) is 0.653. The van der Waals surface area contributed by atoms with Crippen molar-refractivity contribution >= 4 is 17.6 Å². The molecule has 20 heavy (non-hydrogen) atoms. The topological polar surface area (TPSA) is 106 Å². The molecule has 1 fully saturated rings. The Kier molecular flexibility index (Phi) is 3.47. The number of carbonyl (C=O) groups is 2. The minimum absolute atomic E-state index is 0.122. The molecule has 1 amide bonds. The van der Waals surface area contributed by atoms with E-state index in [1.54, 1.807) is 6.92 Å². The number of likely N-dealkylation sites (tertiary alicyclic amines) is 1. The summed E-state index contributed by atoms with van der Waals surface area (Å²) >= 11 is 0. The van der Waals surface area contributed by atoms with Crippen molar-refractivity contribution < 1.29 is 19.6 Å². The highest BCUT2D eigenvalue weighted by molar-refractivity contribution is 5.96. The zero-order chi connectivity index (χ0) is 15.0. The first-order chi connectivity index (χ1) is 9.32. The molecule has 1 N–H and O–H groups in total. The van der Waals surface area contributed by atoms with Gasteiger partial charge in [-0.05, 0) is 12.3 Å². The molecule has 0 spiro atoms. The largest absolute Gasteiger partial charge is 0.480 e. The van der Waals surface area contributed by atoms with Gasteiger partial charge in [-0.1, -0.05) is 6.92 Å². The van der Waals surface area contributed by atoms with Crippen LogP contribution in [0, 0.1) is 16.0 Å². The Bertz CT molecular complexity index is 580. The minimum Gasteiger partial charge on any atom is -0.480 e. The molecule has 8 nitrogen and oxygen atoms in total. The van der Waals surface area contributed by atoms with Gasteiger partial charge in [0, 0.05) is 19.7 Å². The van der Waals surface area contributed by atoms with Gasteiger partial charge in [0.25, 0.3) is 11.6 Å². The van der Waals surface area contributed by atoms with Crippen molar-refractivity contribution in [1.82, 2.24) is 9.47 Å². The Labute approximate surface area is 114 Å². The first kappa shape index (κ1) is 14.0. The number of carbonyl (C=O) groups excluding carboxylic acids is 1. The number of aromatic nitrogens is 1. The molecule has 1 aromatic rings. The maximum absolute atomic E-state index is 12.4. The second-order valence-electron chi connectivity index (χ2n) is 5.00. The first-order valence-corrected chi connectivity index (χ1v) is 6.17. The first-order valence-electron chi connectivity index (χ1n) is 6.17. The van der Waals surface area contributed by atoms with Gasteiger partial charge in [-0.15, -0.1) is 0 Å². The Balaban J connectivity index is 2.32. The van der Waals surface area contributed by atoms with Gasteiger partial charge in [-0.25, -0.2) is 4.79 Å². The molecule has 2 atom stereocenters. The molecule has 0 radical (unpaired) electrons. The monoisotopic (exact) mass is 281 g/mol. The third-order valence-electron chi connectivity index (χ3n) is 3.63. The normalized spacial score (nSPS) is 22.0. The molecule has 2 rings (SSSR count). The number of hydrogen-bond donors (Lipinski definition) is 1. The van der Waals surface area contributed by atoms with Gasteiger partial charge < -0.3 is 14.6 Å². The number of hydrogen-bond acceptors (Lipinski definition) is 4. The van der Waals surface area contributed by atoms with Gasteiger partial charge in [0.05, 0.1) is 11.1 Å². The van der Waals surface area contributed by atoms with Crippen LogP contribution >= 0.6 is 0 Å². The summed E-state index contributed by atoms with van der Waals surface area (Å²) in [5.41, 5.74) is -0.0629. The Morgan fingerprint density at radius 2 is 2.15 bits per heavy atom. The van der Waals surface area contributed by atoms with Crippen LogP contribution in [0.15, 0.2) is 12.3 Å². The van der Waals surface area contributed by atoms with Crippen LogP contribution in [0.2, 0.25) is 0 Å². The van der Waals surface area contributed by atoms with Gasteiger partial charge >= 0.3 is 5.97 Å². The predicted molar refractivity (Wildman–Crippen MR) is 68.3 cm³/mol. The zero-order valence-electron chi connectivity index (χ0n) is 11.1. The van der Waals surface area contributed by atoms with Gasteiger partial charge in [-0.2, -0.15) is 0 Å². The molecule has 0 aliphatic carbocycles. The third-order valence-corrected chi connectivity index (χ3v) is 3.63. The van der Waals surface area contributed by atoms with Crippen LogP contribution in [0.5, 0.6) is 0 Å². The maximum atomic E-state index is 12.4. The highest BCUT2D eigenvalue weighted by Gasteiger charge is 2.40. The van der Waals surface area contributed by atoms with Gasteiger partial charge in [-0.3, -0.25) is 14.9 Å². The lowest BCUT2D eigenvalue weighted by Crippen LogP contribution is -2.43. The number of nitro groups is 1. The summed E-state index contributed by atoms with van der Waals surface area (Å²) in [4.78, 5) is 35.0. The van der Waals surface area contributed by atoms with Crippen LogP contribution in [0.4, 0.5) is 5.69 Å². The van der Waals surface area contributed by atoms with E-state index in [1.165, 1.54) is 28.8 Å². The Morgan fingerprint density at radius 3 is 2.65 bits per heavy atom. The molecule has 108 valence electrons. The van der Waals surface area contributed by atoms with Crippen molar-refractivity contribution in [2.24, 2.45) is 13.0 Å². The lowest BCUT2D eigenvalue weighted by Gasteiger charge is -2.23. The summed E-state index contributed by atoms with van der Waals surface area (Å²) in [5, 5.41) is 19.9. The highest BCUT2D eigenvalue weighted by Crippen LogP contribution is 2.27. The van der Waals surface area contributed by atoms with E-state index < -0.39 is 22.8 Å². The van der Waals surface area contributed by atoms with Crippen LogP contribution in [0.3, 0.4) is 0 Å². The van der Waals surface area contributed by atoms with Crippen molar-refractivity contribution in [3.8, 4) is 0 Å². The van der Waals surface area contributed by atoms with Crippen LogP contribution in [0.25, 0.3) is 0 Å². The molecule has 8 heteroatoms. The van der Waals surface area contributed by atoms with E-state index in [-0.39, 0.29) is 17.3 Å². The number of carboxylic acid groups (broad SMARTS) is 1. The molecule has 0 saturated carbocycles.